The highest BCUT2D eigenvalue weighted by Crippen LogP contribution is 2.26. The number of benzene rings is 1. The molecule has 5 heteroatoms. The van der Waals surface area contributed by atoms with Gasteiger partial charge in [0, 0.05) is 4.47 Å². The number of methoxy groups -OCH3 is 2. The molecule has 0 saturated carbocycles. The molecule has 0 N–H and O–H groups in total. The summed E-state index contributed by atoms with van der Waals surface area (Å²) < 4.78 is 11.1. The molecule has 1 heterocycles. The third-order valence-electron chi connectivity index (χ3n) is 1.95. The quantitative estimate of drug-likeness (QED) is 0.839. The minimum absolute atomic E-state index is 0.392. The van der Waals surface area contributed by atoms with Crippen LogP contribution in [0.15, 0.2) is 22.7 Å². The summed E-state index contributed by atoms with van der Waals surface area (Å²) in [5.74, 6) is 0.787. The third-order valence-corrected chi connectivity index (χ3v) is 2.44. The Morgan fingerprint density at radius 2 is 1.60 bits per heavy atom. The minimum Gasteiger partial charge on any atom is -0.477 e. The molecule has 0 unspecified atom stereocenters. The van der Waals surface area contributed by atoms with Crippen LogP contribution in [-0.4, -0.2) is 24.2 Å². The van der Waals surface area contributed by atoms with Crippen molar-refractivity contribution in [1.82, 2.24) is 9.97 Å². The number of hydrogen-bond donors (Lipinski definition) is 0. The summed E-state index contributed by atoms with van der Waals surface area (Å²) in [6.07, 6.45) is 0. The van der Waals surface area contributed by atoms with Crippen molar-refractivity contribution < 1.29 is 9.47 Å². The summed E-state index contributed by atoms with van der Waals surface area (Å²) in [4.78, 5) is 8.56. The van der Waals surface area contributed by atoms with Gasteiger partial charge in [0.1, 0.15) is 0 Å². The zero-order chi connectivity index (χ0) is 10.8. The number of ether oxygens (including phenoxy) is 2. The number of aromatic nitrogens is 2. The average molecular weight is 269 g/mol. The van der Waals surface area contributed by atoms with Crippen molar-refractivity contribution in [2.75, 3.05) is 14.2 Å². The lowest BCUT2D eigenvalue weighted by atomic mass is 10.3. The van der Waals surface area contributed by atoms with E-state index >= 15 is 0 Å². The molecule has 0 saturated heterocycles. The predicted octanol–water partition coefficient (Wildman–Crippen LogP) is 2.41. The van der Waals surface area contributed by atoms with Gasteiger partial charge in [0.2, 0.25) is 0 Å². The van der Waals surface area contributed by atoms with Crippen molar-refractivity contribution >= 4 is 27.0 Å². The van der Waals surface area contributed by atoms with Crippen LogP contribution in [-0.2, 0) is 0 Å². The molecule has 0 radical (unpaired) electrons. The molecule has 2 aromatic rings. The van der Waals surface area contributed by atoms with E-state index in [0.29, 0.717) is 11.8 Å². The molecule has 15 heavy (non-hydrogen) atoms. The predicted molar refractivity (Wildman–Crippen MR) is 60.3 cm³/mol. The molecule has 0 atom stereocenters. The van der Waals surface area contributed by atoms with E-state index in [1.807, 2.05) is 18.2 Å². The lowest BCUT2D eigenvalue weighted by molar-refractivity contribution is 0.334. The maximum Gasteiger partial charge on any atom is 0.278 e. The van der Waals surface area contributed by atoms with Crippen LogP contribution in [0, 0.1) is 0 Å². The maximum atomic E-state index is 5.07. The van der Waals surface area contributed by atoms with Gasteiger partial charge in [-0.1, -0.05) is 15.9 Å². The molecule has 0 amide bonds. The number of halogens is 1. The smallest absolute Gasteiger partial charge is 0.278 e. The van der Waals surface area contributed by atoms with Crippen LogP contribution < -0.4 is 9.47 Å². The Morgan fingerprint density at radius 3 is 2.20 bits per heavy atom. The normalized spacial score (nSPS) is 10.3. The van der Waals surface area contributed by atoms with E-state index in [-0.39, 0.29) is 0 Å². The first-order valence-corrected chi connectivity index (χ1v) is 5.09. The van der Waals surface area contributed by atoms with E-state index in [9.17, 15) is 0 Å². The summed E-state index contributed by atoms with van der Waals surface area (Å²) in [5.41, 5.74) is 1.54. The first-order valence-electron chi connectivity index (χ1n) is 4.30. The van der Waals surface area contributed by atoms with Crippen LogP contribution >= 0.6 is 15.9 Å². The fraction of sp³-hybridized carbons (Fsp3) is 0.200. The van der Waals surface area contributed by atoms with Crippen LogP contribution in [0.3, 0.4) is 0 Å². The lowest BCUT2D eigenvalue weighted by Crippen LogP contribution is -1.97. The van der Waals surface area contributed by atoms with Gasteiger partial charge in [-0.25, -0.2) is 9.97 Å². The first kappa shape index (κ1) is 10.2. The summed E-state index contributed by atoms with van der Waals surface area (Å²) >= 11 is 3.37. The molecule has 0 aliphatic heterocycles. The van der Waals surface area contributed by atoms with E-state index in [2.05, 4.69) is 25.9 Å². The number of nitrogens with zero attached hydrogens (tertiary/aromatic N) is 2. The molecular formula is C10H9BrN2O2. The van der Waals surface area contributed by atoms with E-state index in [1.165, 1.54) is 14.2 Å². The van der Waals surface area contributed by atoms with Crippen LogP contribution in [0.4, 0.5) is 0 Å². The second-order valence-electron chi connectivity index (χ2n) is 2.88. The molecule has 78 valence electrons. The maximum absolute atomic E-state index is 5.07. The standard InChI is InChI=1S/C10H9BrN2O2/c1-14-9-10(15-2)13-8-5-6(11)3-4-7(8)12-9/h3-5H,1-2H3. The highest BCUT2D eigenvalue weighted by molar-refractivity contribution is 9.10. The van der Waals surface area contributed by atoms with Crippen molar-refractivity contribution in [3.63, 3.8) is 0 Å². The van der Waals surface area contributed by atoms with E-state index in [0.717, 1.165) is 15.5 Å². The average Bonchev–Trinajstić information content (AvgIpc) is 2.27. The largest absolute Gasteiger partial charge is 0.477 e. The number of hydrogen-bond acceptors (Lipinski definition) is 4. The molecule has 0 fully saturated rings. The van der Waals surface area contributed by atoms with Gasteiger partial charge in [-0.3, -0.25) is 0 Å². The van der Waals surface area contributed by atoms with Gasteiger partial charge < -0.3 is 9.47 Å². The number of fused-ring (bicyclic) bond motifs is 1. The van der Waals surface area contributed by atoms with Gasteiger partial charge in [-0.15, -0.1) is 0 Å². The van der Waals surface area contributed by atoms with Crippen LogP contribution in [0.25, 0.3) is 11.0 Å². The van der Waals surface area contributed by atoms with E-state index in [1.54, 1.807) is 0 Å². The zero-order valence-corrected chi connectivity index (χ0v) is 9.91. The molecule has 1 aromatic carbocycles. The second-order valence-corrected chi connectivity index (χ2v) is 3.79. The molecular weight excluding hydrogens is 260 g/mol. The van der Waals surface area contributed by atoms with Crippen molar-refractivity contribution in [2.45, 2.75) is 0 Å². The van der Waals surface area contributed by atoms with Crippen LogP contribution in [0.1, 0.15) is 0 Å². The highest BCUT2D eigenvalue weighted by Gasteiger charge is 2.09. The van der Waals surface area contributed by atoms with Gasteiger partial charge >= 0.3 is 0 Å². The summed E-state index contributed by atoms with van der Waals surface area (Å²) in [6.45, 7) is 0. The summed E-state index contributed by atoms with van der Waals surface area (Å²) in [6, 6.07) is 5.65. The van der Waals surface area contributed by atoms with E-state index in [4.69, 9.17) is 9.47 Å². The fourth-order valence-corrected chi connectivity index (χ4v) is 1.61. The molecule has 0 spiro atoms. The Bertz CT molecular complexity index is 502. The fourth-order valence-electron chi connectivity index (χ4n) is 1.26. The van der Waals surface area contributed by atoms with Crippen LogP contribution in [0.5, 0.6) is 11.8 Å². The monoisotopic (exact) mass is 268 g/mol. The van der Waals surface area contributed by atoms with Gasteiger partial charge in [0.15, 0.2) is 0 Å². The topological polar surface area (TPSA) is 44.2 Å². The van der Waals surface area contributed by atoms with Crippen molar-refractivity contribution in [2.24, 2.45) is 0 Å². The van der Waals surface area contributed by atoms with E-state index < -0.39 is 0 Å². The van der Waals surface area contributed by atoms with Gasteiger partial charge in [-0.2, -0.15) is 0 Å². The first-order chi connectivity index (χ1) is 7.24. The van der Waals surface area contributed by atoms with Gasteiger partial charge in [0.05, 0.1) is 25.3 Å². The van der Waals surface area contributed by atoms with Crippen molar-refractivity contribution in [1.29, 1.82) is 0 Å². The summed E-state index contributed by atoms with van der Waals surface area (Å²) in [7, 11) is 3.08. The second kappa shape index (κ2) is 4.02. The van der Waals surface area contributed by atoms with Crippen LogP contribution in [0.2, 0.25) is 0 Å². The Labute approximate surface area is 95.4 Å². The Kier molecular flexibility index (Phi) is 2.73. The molecule has 0 aliphatic rings. The van der Waals surface area contributed by atoms with Gasteiger partial charge in [-0.05, 0) is 18.2 Å². The minimum atomic E-state index is 0.392. The Hall–Kier alpha value is -1.36. The molecule has 1 aromatic heterocycles. The Morgan fingerprint density at radius 1 is 1.00 bits per heavy atom. The number of rotatable bonds is 2. The van der Waals surface area contributed by atoms with Crippen molar-refractivity contribution in [3.05, 3.63) is 22.7 Å². The highest BCUT2D eigenvalue weighted by atomic mass is 79.9. The third kappa shape index (κ3) is 1.87. The van der Waals surface area contributed by atoms with Crippen molar-refractivity contribution in [3.8, 4) is 11.8 Å². The molecule has 2 rings (SSSR count). The molecule has 0 aliphatic carbocycles. The SMILES string of the molecule is COc1nc2ccc(Br)cc2nc1OC. The summed E-state index contributed by atoms with van der Waals surface area (Å²) in [5, 5.41) is 0. The zero-order valence-electron chi connectivity index (χ0n) is 8.32. The Balaban J connectivity index is 2.69. The molecule has 0 bridgehead atoms. The van der Waals surface area contributed by atoms with Gasteiger partial charge in [0.25, 0.3) is 11.8 Å². The molecule has 4 nitrogen and oxygen atoms in total. The lowest BCUT2D eigenvalue weighted by Gasteiger charge is -2.06.